The highest BCUT2D eigenvalue weighted by Crippen LogP contribution is 2.48. The molecule has 126 valence electrons. The fourth-order valence-corrected chi connectivity index (χ4v) is 4.07. The van der Waals surface area contributed by atoms with Gasteiger partial charge in [0, 0.05) is 36.1 Å². The van der Waals surface area contributed by atoms with Crippen LogP contribution in [0.25, 0.3) is 0 Å². The van der Waals surface area contributed by atoms with E-state index in [9.17, 15) is 20.0 Å². The first-order chi connectivity index (χ1) is 11.2. The van der Waals surface area contributed by atoms with Crippen LogP contribution < -0.4 is 0 Å². The van der Waals surface area contributed by atoms with Crippen molar-refractivity contribution in [1.82, 2.24) is 0 Å². The van der Waals surface area contributed by atoms with Crippen LogP contribution >= 0.6 is 0 Å². The Hall–Kier alpha value is -2.41. The Morgan fingerprint density at radius 2 is 1.96 bits per heavy atom. The Labute approximate surface area is 139 Å². The highest BCUT2D eigenvalue weighted by atomic mass is 16.6. The Balaban J connectivity index is 2.11. The molecule has 0 bridgehead atoms. The minimum absolute atomic E-state index is 0.00797. The number of nitrogens with zero attached hydrogens (tertiary/aromatic N) is 3. The molecule has 1 aliphatic carbocycles. The topological polar surface area (TPSA) is 105 Å². The number of Topliss-reactive ketones (excluding diaryl/α,β-unsaturated/α-hetero) is 1. The highest BCUT2D eigenvalue weighted by molar-refractivity contribution is 6.12. The quantitative estimate of drug-likeness (QED) is 0.679. The molecule has 0 saturated heterocycles. The van der Waals surface area contributed by atoms with E-state index in [4.69, 9.17) is 0 Å². The van der Waals surface area contributed by atoms with Crippen molar-refractivity contribution in [2.45, 2.75) is 38.7 Å². The van der Waals surface area contributed by atoms with E-state index in [1.807, 2.05) is 6.92 Å². The Morgan fingerprint density at radius 3 is 2.50 bits per heavy atom. The Bertz CT molecular complexity index is 765. The van der Waals surface area contributed by atoms with Crippen LogP contribution in [0.2, 0.25) is 0 Å². The Morgan fingerprint density at radius 1 is 1.33 bits per heavy atom. The van der Waals surface area contributed by atoms with Crippen molar-refractivity contribution in [2.75, 3.05) is 0 Å². The summed E-state index contributed by atoms with van der Waals surface area (Å²) in [5.74, 6) is -1.22. The third-order valence-corrected chi connectivity index (χ3v) is 5.00. The van der Waals surface area contributed by atoms with Crippen molar-refractivity contribution in [1.29, 1.82) is 0 Å². The molecule has 1 N–H and O–H groups in total. The molecular formula is C17H19N3O4. The SMILES string of the molecule is CC(=O)[C@@H]1[C@H](c2ccc([N+](=O)[O-])cc2)[C@@H]2C(C)=NN=C2C[C@]1(C)O. The standard InChI is InChI=1S/C17H19N3O4/c1-9-14-13(19-18-9)8-17(3,22)16(10(2)21)15(14)11-4-6-12(7-5-11)20(23)24/h4-7,14-16,22H,8H2,1-3H3/t14-,15-,16-,17+/m1/s1. The second-order valence-corrected chi connectivity index (χ2v) is 6.81. The summed E-state index contributed by atoms with van der Waals surface area (Å²) < 4.78 is 0. The molecule has 4 atom stereocenters. The molecule has 1 heterocycles. The molecule has 1 aromatic carbocycles. The van der Waals surface area contributed by atoms with Gasteiger partial charge in [0.05, 0.1) is 22.2 Å². The number of nitro benzene ring substituents is 1. The zero-order chi connectivity index (χ0) is 17.6. The molecule has 3 rings (SSSR count). The summed E-state index contributed by atoms with van der Waals surface area (Å²) in [5, 5.41) is 30.0. The highest BCUT2D eigenvalue weighted by Gasteiger charge is 2.53. The van der Waals surface area contributed by atoms with Crippen LogP contribution in [-0.4, -0.2) is 32.8 Å². The van der Waals surface area contributed by atoms with Gasteiger partial charge in [-0.05, 0) is 26.3 Å². The first-order valence-corrected chi connectivity index (χ1v) is 7.80. The molecular weight excluding hydrogens is 310 g/mol. The van der Waals surface area contributed by atoms with Crippen molar-refractivity contribution in [2.24, 2.45) is 22.0 Å². The van der Waals surface area contributed by atoms with Crippen molar-refractivity contribution in [3.8, 4) is 0 Å². The van der Waals surface area contributed by atoms with Crippen molar-refractivity contribution in [3.63, 3.8) is 0 Å². The van der Waals surface area contributed by atoms with Gasteiger partial charge in [-0.15, -0.1) is 0 Å². The summed E-state index contributed by atoms with van der Waals surface area (Å²) in [4.78, 5) is 22.7. The number of nitro groups is 1. The molecule has 7 nitrogen and oxygen atoms in total. The lowest BCUT2D eigenvalue weighted by atomic mass is 9.59. The molecule has 1 aromatic rings. The monoisotopic (exact) mass is 329 g/mol. The maximum absolute atomic E-state index is 12.3. The lowest BCUT2D eigenvalue weighted by Gasteiger charge is -2.45. The van der Waals surface area contributed by atoms with Gasteiger partial charge in [0.15, 0.2) is 0 Å². The number of aliphatic hydroxyl groups is 1. The lowest BCUT2D eigenvalue weighted by Crippen LogP contribution is -2.53. The minimum atomic E-state index is -1.23. The van der Waals surface area contributed by atoms with Gasteiger partial charge in [0.25, 0.3) is 5.69 Å². The van der Waals surface area contributed by atoms with E-state index in [0.717, 1.165) is 17.0 Å². The van der Waals surface area contributed by atoms with Gasteiger partial charge in [-0.2, -0.15) is 10.2 Å². The van der Waals surface area contributed by atoms with E-state index in [1.54, 1.807) is 19.1 Å². The fraction of sp³-hybridized carbons (Fsp3) is 0.471. The number of ketones is 1. The van der Waals surface area contributed by atoms with Gasteiger partial charge < -0.3 is 5.11 Å². The van der Waals surface area contributed by atoms with E-state index < -0.39 is 16.4 Å². The number of non-ortho nitro benzene ring substituents is 1. The largest absolute Gasteiger partial charge is 0.389 e. The molecule has 0 aromatic heterocycles. The number of hydrogen-bond acceptors (Lipinski definition) is 6. The third kappa shape index (κ3) is 2.54. The van der Waals surface area contributed by atoms with Crippen LogP contribution in [0.15, 0.2) is 34.5 Å². The molecule has 2 aliphatic rings. The van der Waals surface area contributed by atoms with Crippen LogP contribution in [0.3, 0.4) is 0 Å². The zero-order valence-corrected chi connectivity index (χ0v) is 13.8. The predicted octanol–water partition coefficient (Wildman–Crippen LogP) is 2.49. The van der Waals surface area contributed by atoms with Gasteiger partial charge >= 0.3 is 0 Å². The molecule has 0 amide bonds. The van der Waals surface area contributed by atoms with Gasteiger partial charge in [-0.3, -0.25) is 14.9 Å². The minimum Gasteiger partial charge on any atom is -0.389 e. The molecule has 0 unspecified atom stereocenters. The molecule has 24 heavy (non-hydrogen) atoms. The second kappa shape index (κ2) is 5.59. The fourth-order valence-electron chi connectivity index (χ4n) is 4.07. The smallest absolute Gasteiger partial charge is 0.269 e. The second-order valence-electron chi connectivity index (χ2n) is 6.81. The van der Waals surface area contributed by atoms with Crippen molar-refractivity contribution >= 4 is 22.9 Å². The first kappa shape index (κ1) is 16.4. The number of carbonyl (C=O) groups is 1. The number of rotatable bonds is 3. The Kier molecular flexibility index (Phi) is 3.83. The molecule has 0 radical (unpaired) electrons. The van der Waals surface area contributed by atoms with Crippen LogP contribution in [0, 0.1) is 22.0 Å². The van der Waals surface area contributed by atoms with Gasteiger partial charge in [0.1, 0.15) is 5.78 Å². The number of hydrogen-bond donors (Lipinski definition) is 1. The maximum atomic E-state index is 12.3. The van der Waals surface area contributed by atoms with Crippen molar-refractivity contribution in [3.05, 3.63) is 39.9 Å². The lowest BCUT2D eigenvalue weighted by molar-refractivity contribution is -0.384. The van der Waals surface area contributed by atoms with Crippen LogP contribution in [-0.2, 0) is 4.79 Å². The summed E-state index contributed by atoms with van der Waals surface area (Å²) in [7, 11) is 0. The maximum Gasteiger partial charge on any atom is 0.269 e. The number of fused-ring (bicyclic) bond motifs is 1. The predicted molar refractivity (Wildman–Crippen MR) is 89.3 cm³/mol. The van der Waals surface area contributed by atoms with Crippen LogP contribution in [0.4, 0.5) is 5.69 Å². The third-order valence-electron chi connectivity index (χ3n) is 5.00. The first-order valence-electron chi connectivity index (χ1n) is 7.80. The number of carbonyl (C=O) groups excluding carboxylic acids is 1. The van der Waals surface area contributed by atoms with E-state index in [0.29, 0.717) is 6.42 Å². The molecule has 1 fully saturated rings. The van der Waals surface area contributed by atoms with Gasteiger partial charge in [-0.1, -0.05) is 12.1 Å². The summed E-state index contributed by atoms with van der Waals surface area (Å²) in [5.41, 5.74) is 1.10. The summed E-state index contributed by atoms with van der Waals surface area (Å²) in [6, 6.07) is 6.16. The van der Waals surface area contributed by atoms with E-state index >= 15 is 0 Å². The molecule has 1 aliphatic heterocycles. The average Bonchev–Trinajstić information content (AvgIpc) is 2.85. The average molecular weight is 329 g/mol. The van der Waals surface area contributed by atoms with E-state index in [-0.39, 0.29) is 23.3 Å². The van der Waals surface area contributed by atoms with Crippen LogP contribution in [0.1, 0.15) is 38.7 Å². The number of benzene rings is 1. The molecule has 7 heteroatoms. The van der Waals surface area contributed by atoms with Gasteiger partial charge in [-0.25, -0.2) is 0 Å². The zero-order valence-electron chi connectivity index (χ0n) is 13.8. The normalized spacial score (nSPS) is 31.9. The molecule has 1 saturated carbocycles. The van der Waals surface area contributed by atoms with Crippen molar-refractivity contribution < 1.29 is 14.8 Å². The van der Waals surface area contributed by atoms with Gasteiger partial charge in [0.2, 0.25) is 0 Å². The van der Waals surface area contributed by atoms with E-state index in [1.165, 1.54) is 19.1 Å². The van der Waals surface area contributed by atoms with Crippen LogP contribution in [0.5, 0.6) is 0 Å². The van der Waals surface area contributed by atoms with E-state index in [2.05, 4.69) is 10.2 Å². The summed E-state index contributed by atoms with van der Waals surface area (Å²) in [6.07, 6.45) is 0.298. The summed E-state index contributed by atoms with van der Waals surface area (Å²) >= 11 is 0. The summed E-state index contributed by atoms with van der Waals surface area (Å²) in [6.45, 7) is 4.97. The molecule has 0 spiro atoms.